The van der Waals surface area contributed by atoms with E-state index in [4.69, 9.17) is 4.74 Å². The molecule has 1 amide bonds. The zero-order chi connectivity index (χ0) is 23.7. The lowest BCUT2D eigenvalue weighted by Crippen LogP contribution is -2.61. The summed E-state index contributed by atoms with van der Waals surface area (Å²) in [6.45, 7) is 6.01. The zero-order valence-corrected chi connectivity index (χ0v) is 18.4. The summed E-state index contributed by atoms with van der Waals surface area (Å²) in [4.78, 5) is 27.8. The number of rotatable bonds is 5. The van der Waals surface area contributed by atoms with Gasteiger partial charge in [0, 0.05) is 19.6 Å². The van der Waals surface area contributed by atoms with Gasteiger partial charge in [-0.15, -0.1) is 13.2 Å². The van der Waals surface area contributed by atoms with Gasteiger partial charge in [-0.05, 0) is 57.7 Å². The van der Waals surface area contributed by atoms with Gasteiger partial charge in [0.05, 0.1) is 11.5 Å². The molecule has 2 unspecified atom stereocenters. The Hall–Kier alpha value is -2.33. The van der Waals surface area contributed by atoms with Crippen LogP contribution >= 0.6 is 0 Å². The quantitative estimate of drug-likeness (QED) is 0.704. The lowest BCUT2D eigenvalue weighted by molar-refractivity contribution is -0.274. The molecule has 1 aliphatic carbocycles. The number of hydrogen-bond donors (Lipinski definition) is 2. The molecule has 2 N–H and O–H groups in total. The molecule has 1 saturated heterocycles. The van der Waals surface area contributed by atoms with Crippen molar-refractivity contribution in [1.82, 2.24) is 10.2 Å². The number of amides is 1. The number of Topliss-reactive ketones (excluding diaryl/α,β-unsaturated/α-hetero) is 1. The fourth-order valence-corrected chi connectivity index (χ4v) is 4.15. The predicted molar refractivity (Wildman–Crippen MR) is 109 cm³/mol. The summed E-state index contributed by atoms with van der Waals surface area (Å²) in [6, 6.07) is 4.18. The summed E-state index contributed by atoms with van der Waals surface area (Å²) in [6.07, 6.45) is -4.17. The van der Waals surface area contributed by atoms with E-state index in [0.717, 1.165) is 12.1 Å². The summed E-state index contributed by atoms with van der Waals surface area (Å²) in [7, 11) is 0. The number of alkyl halides is 3. The lowest BCUT2D eigenvalue weighted by Gasteiger charge is -2.45. The van der Waals surface area contributed by atoms with Gasteiger partial charge in [-0.2, -0.15) is 0 Å². The molecular weight excluding hydrogens is 429 g/mol. The first-order valence-electron chi connectivity index (χ1n) is 10.6. The molecule has 1 aromatic rings. The highest BCUT2D eigenvalue weighted by molar-refractivity contribution is 5.94. The van der Waals surface area contributed by atoms with Gasteiger partial charge >= 0.3 is 12.5 Å². The largest absolute Gasteiger partial charge is 0.573 e. The van der Waals surface area contributed by atoms with Gasteiger partial charge in [-0.25, -0.2) is 4.79 Å². The number of halogens is 3. The summed E-state index contributed by atoms with van der Waals surface area (Å²) in [5, 5.41) is 14.2. The molecule has 7 nitrogen and oxygen atoms in total. The maximum atomic E-state index is 13.7. The number of carbonyl (C=O) groups excluding carboxylic acids is 2. The number of piperazine rings is 1. The van der Waals surface area contributed by atoms with E-state index in [0.29, 0.717) is 25.8 Å². The van der Waals surface area contributed by atoms with Crippen molar-refractivity contribution in [2.45, 2.75) is 69.6 Å². The first-order valence-corrected chi connectivity index (χ1v) is 10.6. The van der Waals surface area contributed by atoms with Crippen molar-refractivity contribution in [2.75, 3.05) is 19.6 Å². The molecule has 0 bridgehead atoms. The summed E-state index contributed by atoms with van der Waals surface area (Å²) < 4.78 is 47.6. The topological polar surface area (TPSA) is 88.1 Å². The third-order valence-corrected chi connectivity index (χ3v) is 5.67. The van der Waals surface area contributed by atoms with Gasteiger partial charge in [0.2, 0.25) is 0 Å². The van der Waals surface area contributed by atoms with Crippen molar-refractivity contribution >= 4 is 11.9 Å². The molecule has 2 aliphatic rings. The second-order valence-electron chi connectivity index (χ2n) is 9.31. The minimum Gasteiger partial charge on any atom is -0.444 e. The van der Waals surface area contributed by atoms with Gasteiger partial charge in [0.25, 0.3) is 0 Å². The highest BCUT2D eigenvalue weighted by Crippen LogP contribution is 2.45. The fraction of sp³-hybridized carbons (Fsp3) is 0.636. The normalized spacial score (nSPS) is 22.0. The predicted octanol–water partition coefficient (Wildman–Crippen LogP) is 3.36. The van der Waals surface area contributed by atoms with Crippen LogP contribution in [0, 0.1) is 0 Å². The molecule has 178 valence electrons. The Balaban J connectivity index is 1.93. The molecule has 10 heteroatoms. The maximum absolute atomic E-state index is 13.7. The number of carbonyl (C=O) groups is 2. The number of aliphatic hydroxyl groups is 1. The minimum absolute atomic E-state index is 0.156. The maximum Gasteiger partial charge on any atom is 0.573 e. The third kappa shape index (κ3) is 5.72. The van der Waals surface area contributed by atoms with Crippen molar-refractivity contribution in [2.24, 2.45) is 0 Å². The molecule has 0 spiro atoms. The summed E-state index contributed by atoms with van der Waals surface area (Å²) in [5.41, 5.74) is -1.94. The molecule has 2 fully saturated rings. The molecule has 1 heterocycles. The highest BCUT2D eigenvalue weighted by atomic mass is 19.4. The summed E-state index contributed by atoms with van der Waals surface area (Å²) >= 11 is 0. The van der Waals surface area contributed by atoms with Crippen LogP contribution in [0.15, 0.2) is 24.3 Å². The van der Waals surface area contributed by atoms with Crippen LogP contribution in [0.4, 0.5) is 18.0 Å². The third-order valence-electron chi connectivity index (χ3n) is 5.67. The van der Waals surface area contributed by atoms with Crippen molar-refractivity contribution in [3.63, 3.8) is 0 Å². The van der Waals surface area contributed by atoms with Crippen LogP contribution < -0.4 is 10.1 Å². The molecule has 1 saturated carbocycles. The van der Waals surface area contributed by atoms with E-state index in [-0.39, 0.29) is 18.7 Å². The van der Waals surface area contributed by atoms with E-state index in [9.17, 15) is 27.9 Å². The van der Waals surface area contributed by atoms with E-state index in [1.807, 2.05) is 0 Å². The van der Waals surface area contributed by atoms with Crippen LogP contribution in [0.1, 0.15) is 51.5 Å². The molecular formula is C22H29F3N2O5. The van der Waals surface area contributed by atoms with Crippen LogP contribution in [0.25, 0.3) is 0 Å². The zero-order valence-electron chi connectivity index (χ0n) is 18.4. The second-order valence-corrected chi connectivity index (χ2v) is 9.31. The first-order chi connectivity index (χ1) is 14.8. The van der Waals surface area contributed by atoms with E-state index >= 15 is 0 Å². The Kier molecular flexibility index (Phi) is 6.76. The van der Waals surface area contributed by atoms with Crippen LogP contribution in [0.3, 0.4) is 0 Å². The van der Waals surface area contributed by atoms with Crippen molar-refractivity contribution in [3.05, 3.63) is 29.8 Å². The Bertz CT molecular complexity index is 849. The lowest BCUT2D eigenvalue weighted by atomic mass is 9.66. The molecule has 0 radical (unpaired) electrons. The van der Waals surface area contributed by atoms with Crippen LogP contribution in [0.5, 0.6) is 5.75 Å². The number of ketones is 1. The number of nitrogens with one attached hydrogen (secondary N) is 1. The second kappa shape index (κ2) is 8.90. The van der Waals surface area contributed by atoms with Crippen LogP contribution in [-0.4, -0.2) is 65.1 Å². The van der Waals surface area contributed by atoms with E-state index in [2.05, 4.69) is 10.1 Å². The molecule has 3 rings (SSSR count). The number of nitrogens with zero attached hydrogens (tertiary/aromatic N) is 1. The van der Waals surface area contributed by atoms with Gasteiger partial charge in [0.15, 0.2) is 5.78 Å². The highest BCUT2D eigenvalue weighted by Gasteiger charge is 2.50. The summed E-state index contributed by atoms with van der Waals surface area (Å²) in [5.74, 6) is -2.03. The van der Waals surface area contributed by atoms with E-state index < -0.39 is 47.2 Å². The Labute approximate surface area is 184 Å². The van der Waals surface area contributed by atoms with Gasteiger partial charge < -0.3 is 19.9 Å². The first kappa shape index (κ1) is 24.3. The average molecular weight is 458 g/mol. The Morgan fingerprint density at radius 2 is 1.94 bits per heavy atom. The van der Waals surface area contributed by atoms with E-state index in [1.54, 1.807) is 20.8 Å². The van der Waals surface area contributed by atoms with Crippen LogP contribution in [0.2, 0.25) is 0 Å². The van der Waals surface area contributed by atoms with Gasteiger partial charge in [-0.3, -0.25) is 9.69 Å². The molecule has 2 atom stereocenters. The van der Waals surface area contributed by atoms with E-state index in [1.165, 1.54) is 17.0 Å². The number of ether oxygens (including phenoxy) is 2. The SMILES string of the molecule is CC(C)(C)OC(=O)N1CCNCC1C(=O)C(c1cccc(OC(F)(F)F)c1)C1(O)CCC1. The number of hydrogen-bond acceptors (Lipinski definition) is 6. The monoisotopic (exact) mass is 458 g/mol. The van der Waals surface area contributed by atoms with Crippen molar-refractivity contribution in [1.29, 1.82) is 0 Å². The Morgan fingerprint density at radius 1 is 1.25 bits per heavy atom. The smallest absolute Gasteiger partial charge is 0.444 e. The van der Waals surface area contributed by atoms with Crippen molar-refractivity contribution in [3.8, 4) is 5.75 Å². The minimum atomic E-state index is -4.88. The standard InChI is InChI=1S/C22H29F3N2O5/c1-20(2,3)32-19(29)27-11-10-26-13-16(27)18(28)17(21(30)8-5-9-21)14-6-4-7-15(12-14)31-22(23,24)25/h4,6-7,12,16-17,26,30H,5,8-11,13H2,1-3H3. The molecule has 1 aliphatic heterocycles. The fourth-order valence-electron chi connectivity index (χ4n) is 4.15. The van der Waals surface area contributed by atoms with Crippen LogP contribution in [-0.2, 0) is 9.53 Å². The van der Waals surface area contributed by atoms with Gasteiger partial charge in [-0.1, -0.05) is 12.1 Å². The number of benzene rings is 1. The van der Waals surface area contributed by atoms with Gasteiger partial charge in [0.1, 0.15) is 17.4 Å². The molecule has 0 aromatic heterocycles. The molecule has 32 heavy (non-hydrogen) atoms. The average Bonchev–Trinajstić information content (AvgIpc) is 2.64. The Morgan fingerprint density at radius 3 is 2.50 bits per heavy atom. The van der Waals surface area contributed by atoms with Crippen molar-refractivity contribution < 1.29 is 37.3 Å². The molecule has 1 aromatic carbocycles.